The van der Waals surface area contributed by atoms with Gasteiger partial charge in [-0.15, -0.1) is 5.10 Å². The number of nitro groups is 1. The van der Waals surface area contributed by atoms with Gasteiger partial charge in [0, 0.05) is 17.0 Å². The minimum absolute atomic E-state index is 0.00111. The minimum atomic E-state index is -0.462. The maximum Gasteiger partial charge on any atom is 0.360 e. The summed E-state index contributed by atoms with van der Waals surface area (Å²) in [5.74, 6) is 0. The highest BCUT2D eigenvalue weighted by molar-refractivity contribution is 5.62. The second kappa shape index (κ2) is 2.50. The predicted octanol–water partition coefficient (Wildman–Crippen LogP) is -0.296. The number of H-pyrrole nitrogens is 1. The number of hydrogen-bond acceptors (Lipinski definition) is 4. The molecule has 74 valence electrons. The zero-order chi connectivity index (χ0) is 10.4. The number of hydrogen-bond donors (Lipinski definition) is 1. The average Bonchev–Trinajstić information content (AvgIpc) is 2.73. The quantitative estimate of drug-likeness (QED) is 0.335. The molecule has 0 saturated heterocycles. The summed E-state index contributed by atoms with van der Waals surface area (Å²) < 4.78 is 2.99. The maximum absolute atomic E-state index is 10.5. The molecule has 0 aliphatic heterocycles. The Hall–Kier alpha value is -2.51. The normalized spacial score (nSPS) is 11.2. The molecule has 0 spiro atoms. The largest absolute Gasteiger partial charge is 0.360 e. The number of aromatic amines is 1. The van der Waals surface area contributed by atoms with Crippen molar-refractivity contribution in [1.82, 2.24) is 19.6 Å². The summed E-state index contributed by atoms with van der Waals surface area (Å²) in [5.41, 5.74) is 1.12. The Morgan fingerprint density at radius 3 is 3.07 bits per heavy atom. The molecular weight excluding hydrogens is 200 g/mol. The zero-order valence-corrected chi connectivity index (χ0v) is 7.36. The Bertz CT molecular complexity index is 668. The van der Waals surface area contributed by atoms with Gasteiger partial charge in [-0.05, 0) is 0 Å². The van der Waals surface area contributed by atoms with Crippen LogP contribution in [0.2, 0.25) is 0 Å². The van der Waals surface area contributed by atoms with Crippen molar-refractivity contribution >= 4 is 17.0 Å². The molecule has 0 aliphatic carbocycles. The molecule has 15 heavy (non-hydrogen) atoms. The van der Waals surface area contributed by atoms with Gasteiger partial charge in [-0.25, -0.2) is 9.97 Å². The lowest BCUT2D eigenvalue weighted by molar-refractivity contribution is -0.670. The summed E-state index contributed by atoms with van der Waals surface area (Å²) in [5, 5.41) is 13.4. The lowest BCUT2D eigenvalue weighted by Gasteiger charge is -1.80. The average molecular weight is 205 g/mol. The highest BCUT2D eigenvalue weighted by Crippen LogP contribution is 2.09. The Labute approximate surface area is 81.9 Å². The van der Waals surface area contributed by atoms with Gasteiger partial charge in [0.2, 0.25) is 11.3 Å². The van der Waals surface area contributed by atoms with E-state index in [1.807, 2.05) is 0 Å². The van der Waals surface area contributed by atoms with Crippen LogP contribution in [0, 0.1) is 10.1 Å². The minimum Gasteiger partial charge on any atom is -0.258 e. The van der Waals surface area contributed by atoms with Crippen LogP contribution in [0.5, 0.6) is 0 Å². The molecule has 3 aromatic rings. The van der Waals surface area contributed by atoms with E-state index in [1.54, 1.807) is 6.20 Å². The van der Waals surface area contributed by atoms with Crippen LogP contribution in [-0.4, -0.2) is 24.5 Å². The Morgan fingerprint density at radius 1 is 1.47 bits per heavy atom. The van der Waals surface area contributed by atoms with E-state index in [-0.39, 0.29) is 5.69 Å². The first kappa shape index (κ1) is 7.85. The molecule has 3 aromatic heterocycles. The first-order valence-corrected chi connectivity index (χ1v) is 4.13. The fourth-order valence-corrected chi connectivity index (χ4v) is 1.44. The number of rotatable bonds is 1. The molecule has 1 N–H and O–H groups in total. The van der Waals surface area contributed by atoms with E-state index in [0.717, 1.165) is 0 Å². The van der Waals surface area contributed by atoms with Crippen LogP contribution in [0.1, 0.15) is 0 Å². The van der Waals surface area contributed by atoms with Crippen molar-refractivity contribution in [2.24, 2.45) is 0 Å². The third-order valence-corrected chi connectivity index (χ3v) is 2.07. The number of nitrogens with one attached hydrogen (secondary N) is 1. The third-order valence-electron chi connectivity index (χ3n) is 2.07. The summed E-state index contributed by atoms with van der Waals surface area (Å²) >= 11 is 0. The van der Waals surface area contributed by atoms with Crippen molar-refractivity contribution < 1.29 is 9.55 Å². The fourth-order valence-electron chi connectivity index (χ4n) is 1.44. The highest BCUT2D eigenvalue weighted by atomic mass is 16.6. The van der Waals surface area contributed by atoms with Crippen LogP contribution >= 0.6 is 0 Å². The van der Waals surface area contributed by atoms with Crippen LogP contribution in [-0.2, 0) is 0 Å². The molecule has 8 heteroatoms. The van der Waals surface area contributed by atoms with Crippen molar-refractivity contribution in [3.63, 3.8) is 0 Å². The van der Waals surface area contributed by atoms with Gasteiger partial charge in [0.1, 0.15) is 0 Å². The Balaban J connectivity index is 2.42. The second-order valence-electron chi connectivity index (χ2n) is 2.97. The Morgan fingerprint density at radius 2 is 2.27 bits per heavy atom. The van der Waals surface area contributed by atoms with Crippen LogP contribution in [0.4, 0.5) is 5.69 Å². The van der Waals surface area contributed by atoms with Crippen molar-refractivity contribution in [2.75, 3.05) is 0 Å². The lowest BCUT2D eigenvalue weighted by Crippen LogP contribution is -2.26. The molecule has 0 aromatic carbocycles. The van der Waals surface area contributed by atoms with Crippen molar-refractivity contribution in [3.05, 3.63) is 34.9 Å². The van der Waals surface area contributed by atoms with Gasteiger partial charge in [-0.2, -0.15) is 0 Å². The fraction of sp³-hybridized carbons (Fsp3) is 0. The van der Waals surface area contributed by atoms with Crippen LogP contribution in [0.15, 0.2) is 24.8 Å². The first-order valence-electron chi connectivity index (χ1n) is 4.13. The summed E-state index contributed by atoms with van der Waals surface area (Å²) in [6.45, 7) is 0. The SMILES string of the molecule is O=[N+]([O-])c1cn2c3nccnc3[nH][n+]2c1. The van der Waals surface area contributed by atoms with Crippen LogP contribution < -0.4 is 4.63 Å². The smallest absolute Gasteiger partial charge is 0.258 e. The van der Waals surface area contributed by atoms with Crippen molar-refractivity contribution in [3.8, 4) is 0 Å². The van der Waals surface area contributed by atoms with Gasteiger partial charge in [0.05, 0.1) is 4.92 Å². The molecule has 0 amide bonds. The van der Waals surface area contributed by atoms with Gasteiger partial charge in [0.15, 0.2) is 6.20 Å². The molecule has 3 heterocycles. The molecule has 0 radical (unpaired) electrons. The Kier molecular flexibility index (Phi) is 1.31. The van der Waals surface area contributed by atoms with E-state index in [4.69, 9.17) is 0 Å². The number of nitrogens with zero attached hydrogens (tertiary/aromatic N) is 5. The summed E-state index contributed by atoms with van der Waals surface area (Å²) in [7, 11) is 0. The second-order valence-corrected chi connectivity index (χ2v) is 2.97. The van der Waals surface area contributed by atoms with E-state index in [9.17, 15) is 10.1 Å². The summed E-state index contributed by atoms with van der Waals surface area (Å²) in [6, 6.07) is 0. The van der Waals surface area contributed by atoms with E-state index in [2.05, 4.69) is 15.1 Å². The molecule has 0 saturated carbocycles. The number of aromatic nitrogens is 5. The van der Waals surface area contributed by atoms with E-state index in [0.29, 0.717) is 11.3 Å². The monoisotopic (exact) mass is 205 g/mol. The third kappa shape index (κ3) is 0.980. The lowest BCUT2D eigenvalue weighted by atomic mass is 10.6. The van der Waals surface area contributed by atoms with Gasteiger partial charge in [0.25, 0.3) is 0 Å². The standard InChI is InChI=1S/C7H5N6O2/c14-13(15)5-3-11-7-6(8-1-2-9-7)10-12(11)4-5/h1-4H,(H,8,10)/q+1. The summed E-state index contributed by atoms with van der Waals surface area (Å²) in [6.07, 6.45) is 5.83. The topological polar surface area (TPSA) is 93.2 Å². The summed E-state index contributed by atoms with van der Waals surface area (Å²) in [4.78, 5) is 18.2. The van der Waals surface area contributed by atoms with Crippen molar-refractivity contribution in [2.45, 2.75) is 0 Å². The predicted molar refractivity (Wildman–Crippen MR) is 47.2 cm³/mol. The highest BCUT2D eigenvalue weighted by Gasteiger charge is 2.21. The van der Waals surface area contributed by atoms with Crippen molar-refractivity contribution in [1.29, 1.82) is 0 Å². The molecule has 0 atom stereocenters. The number of fused-ring (bicyclic) bond motifs is 3. The van der Waals surface area contributed by atoms with Crippen LogP contribution in [0.3, 0.4) is 0 Å². The van der Waals surface area contributed by atoms with Gasteiger partial charge < -0.3 is 0 Å². The maximum atomic E-state index is 10.5. The molecular formula is C7H5N6O2+. The van der Waals surface area contributed by atoms with Gasteiger partial charge in [-0.3, -0.25) is 10.1 Å². The first-order chi connectivity index (χ1) is 7.25. The molecule has 8 nitrogen and oxygen atoms in total. The van der Waals surface area contributed by atoms with Crippen LogP contribution in [0.25, 0.3) is 11.3 Å². The molecule has 0 unspecified atom stereocenters. The van der Waals surface area contributed by atoms with Gasteiger partial charge in [-0.1, -0.05) is 4.52 Å². The van der Waals surface area contributed by atoms with Gasteiger partial charge >= 0.3 is 11.9 Å². The van der Waals surface area contributed by atoms with E-state index < -0.39 is 4.92 Å². The zero-order valence-electron chi connectivity index (χ0n) is 7.36. The van der Waals surface area contributed by atoms with E-state index in [1.165, 1.54) is 27.7 Å². The molecule has 3 rings (SSSR count). The molecule has 0 bridgehead atoms. The molecule has 0 aliphatic rings. The van der Waals surface area contributed by atoms with E-state index >= 15 is 0 Å². The molecule has 0 fully saturated rings.